The second-order valence-electron chi connectivity index (χ2n) is 2.16. The van der Waals surface area contributed by atoms with E-state index in [9.17, 15) is 17.2 Å². The maximum Gasteiger partial charge on any atom is 0.295 e. The second kappa shape index (κ2) is 3.54. The highest BCUT2D eigenvalue weighted by Gasteiger charge is 2.14. The molecule has 1 aromatic rings. The summed E-state index contributed by atoms with van der Waals surface area (Å²) in [6, 6.07) is 4.78. The maximum atomic E-state index is 10.6. The van der Waals surface area contributed by atoms with E-state index in [1.807, 2.05) is 0 Å². The first-order valence-electron chi connectivity index (χ1n) is 3.08. The highest BCUT2D eigenvalue weighted by Crippen LogP contribution is 2.17. The standard InChI is InChI=1S/C6H6O5S2/c7-12(8)5-3-1-2-4-6(5)13(9,10)11/h1-4H,(H,7,8)(H,9,10,11)/p-1. The molecule has 1 rings (SSSR count). The van der Waals surface area contributed by atoms with Crippen LogP contribution in [-0.2, 0) is 21.2 Å². The Labute approximate surface area is 77.4 Å². The van der Waals surface area contributed by atoms with E-state index in [4.69, 9.17) is 4.55 Å². The van der Waals surface area contributed by atoms with Crippen molar-refractivity contribution in [2.75, 3.05) is 0 Å². The van der Waals surface area contributed by atoms with E-state index in [2.05, 4.69) is 0 Å². The summed E-state index contributed by atoms with van der Waals surface area (Å²) in [6.07, 6.45) is 0. The van der Waals surface area contributed by atoms with Crippen LogP contribution in [0.5, 0.6) is 0 Å². The highest BCUT2D eigenvalue weighted by atomic mass is 32.2. The molecule has 0 aliphatic heterocycles. The molecule has 5 nitrogen and oxygen atoms in total. The summed E-state index contributed by atoms with van der Waals surface area (Å²) in [6.45, 7) is 0. The highest BCUT2D eigenvalue weighted by molar-refractivity contribution is 7.87. The fraction of sp³-hybridized carbons (Fsp3) is 0. The summed E-state index contributed by atoms with van der Waals surface area (Å²) in [5, 5.41) is 0. The quantitative estimate of drug-likeness (QED) is 0.567. The Balaban J connectivity index is 3.46. The fourth-order valence-electron chi connectivity index (χ4n) is 0.801. The van der Waals surface area contributed by atoms with E-state index in [0.717, 1.165) is 12.1 Å². The van der Waals surface area contributed by atoms with Gasteiger partial charge < -0.3 is 4.55 Å². The van der Waals surface area contributed by atoms with Crippen LogP contribution in [0.2, 0.25) is 0 Å². The summed E-state index contributed by atoms with van der Waals surface area (Å²) in [5.41, 5.74) is 0. The maximum absolute atomic E-state index is 10.6. The summed E-state index contributed by atoms with van der Waals surface area (Å²) in [5.74, 6) is 0. The summed E-state index contributed by atoms with van der Waals surface area (Å²) < 4.78 is 50.9. The van der Waals surface area contributed by atoms with Gasteiger partial charge in [0.2, 0.25) is 0 Å². The molecule has 1 atom stereocenters. The van der Waals surface area contributed by atoms with Gasteiger partial charge in [0, 0.05) is 4.90 Å². The van der Waals surface area contributed by atoms with Crippen LogP contribution >= 0.6 is 0 Å². The minimum absolute atomic E-state index is 0.440. The molecule has 0 amide bonds. The fourth-order valence-corrected chi connectivity index (χ4v) is 2.32. The zero-order chi connectivity index (χ0) is 10.1. The first-order chi connectivity index (χ1) is 5.93. The Morgan fingerprint density at radius 3 is 2.23 bits per heavy atom. The number of hydrogen-bond donors (Lipinski definition) is 1. The van der Waals surface area contributed by atoms with E-state index in [1.54, 1.807) is 0 Å². The average molecular weight is 221 g/mol. The van der Waals surface area contributed by atoms with Gasteiger partial charge in [-0.2, -0.15) is 8.42 Å². The lowest BCUT2D eigenvalue weighted by Crippen LogP contribution is -2.03. The minimum atomic E-state index is -4.47. The van der Waals surface area contributed by atoms with Crippen LogP contribution in [0.4, 0.5) is 0 Å². The van der Waals surface area contributed by atoms with E-state index in [1.165, 1.54) is 12.1 Å². The van der Waals surface area contributed by atoms with E-state index in [0.29, 0.717) is 0 Å². The molecular formula is C6H5O5S2-. The summed E-state index contributed by atoms with van der Waals surface area (Å²) in [7, 11) is -4.47. The van der Waals surface area contributed by atoms with Crippen molar-refractivity contribution in [3.63, 3.8) is 0 Å². The summed E-state index contributed by atoms with van der Waals surface area (Å²) >= 11 is -2.68. The van der Waals surface area contributed by atoms with Gasteiger partial charge in [-0.3, -0.25) is 8.76 Å². The van der Waals surface area contributed by atoms with Gasteiger partial charge >= 0.3 is 0 Å². The molecule has 1 unspecified atom stereocenters. The van der Waals surface area contributed by atoms with Crippen LogP contribution in [0.15, 0.2) is 34.1 Å². The third kappa shape index (κ3) is 2.34. The molecule has 0 spiro atoms. The summed E-state index contributed by atoms with van der Waals surface area (Å²) in [4.78, 5) is -1.05. The van der Waals surface area contributed by atoms with E-state index < -0.39 is 31.0 Å². The lowest BCUT2D eigenvalue weighted by molar-refractivity contribution is 0.478. The van der Waals surface area contributed by atoms with Gasteiger partial charge in [0.05, 0.1) is 0 Å². The molecular weight excluding hydrogens is 216 g/mol. The predicted octanol–water partition coefficient (Wildman–Crippen LogP) is 0.171. The monoisotopic (exact) mass is 221 g/mol. The molecule has 0 saturated heterocycles. The smallest absolute Gasteiger partial charge is 0.295 e. The van der Waals surface area contributed by atoms with Crippen molar-refractivity contribution in [3.8, 4) is 0 Å². The normalized spacial score (nSPS) is 14.0. The number of hydrogen-bond acceptors (Lipinski definition) is 4. The Kier molecular flexibility index (Phi) is 2.81. The van der Waals surface area contributed by atoms with Gasteiger partial charge in [0.25, 0.3) is 10.1 Å². The zero-order valence-corrected chi connectivity index (χ0v) is 7.84. The molecule has 0 bridgehead atoms. The van der Waals surface area contributed by atoms with Crippen molar-refractivity contribution in [1.29, 1.82) is 0 Å². The van der Waals surface area contributed by atoms with Crippen molar-refractivity contribution >= 4 is 21.2 Å². The van der Waals surface area contributed by atoms with Crippen LogP contribution in [-0.4, -0.2) is 21.7 Å². The van der Waals surface area contributed by atoms with Crippen molar-refractivity contribution in [1.82, 2.24) is 0 Å². The third-order valence-corrected chi connectivity index (χ3v) is 3.06. The predicted molar refractivity (Wildman–Crippen MR) is 43.4 cm³/mol. The first kappa shape index (κ1) is 10.3. The van der Waals surface area contributed by atoms with Crippen LogP contribution in [0.25, 0.3) is 0 Å². The Morgan fingerprint density at radius 2 is 1.85 bits per heavy atom. The molecule has 72 valence electrons. The molecule has 0 saturated carbocycles. The molecule has 1 aromatic carbocycles. The van der Waals surface area contributed by atoms with Crippen LogP contribution in [0.3, 0.4) is 0 Å². The second-order valence-corrected chi connectivity index (χ2v) is 4.46. The van der Waals surface area contributed by atoms with E-state index in [-0.39, 0.29) is 0 Å². The van der Waals surface area contributed by atoms with Crippen molar-refractivity contribution in [2.45, 2.75) is 9.79 Å². The van der Waals surface area contributed by atoms with Crippen LogP contribution < -0.4 is 0 Å². The van der Waals surface area contributed by atoms with Gasteiger partial charge in [0.15, 0.2) is 0 Å². The molecule has 7 heteroatoms. The molecule has 1 N–H and O–H groups in total. The van der Waals surface area contributed by atoms with Crippen LogP contribution in [0.1, 0.15) is 0 Å². The average Bonchev–Trinajstić information content (AvgIpc) is 2.03. The molecule has 13 heavy (non-hydrogen) atoms. The number of rotatable bonds is 2. The van der Waals surface area contributed by atoms with Crippen LogP contribution in [0, 0.1) is 0 Å². The molecule has 0 aliphatic carbocycles. The Hall–Kier alpha value is -0.760. The Bertz CT molecular complexity index is 436. The van der Waals surface area contributed by atoms with E-state index >= 15 is 0 Å². The lowest BCUT2D eigenvalue weighted by atomic mass is 10.4. The first-order valence-corrected chi connectivity index (χ1v) is 5.60. The zero-order valence-electron chi connectivity index (χ0n) is 6.21. The van der Waals surface area contributed by atoms with Gasteiger partial charge in [-0.25, -0.2) is 0 Å². The van der Waals surface area contributed by atoms with Gasteiger partial charge in [-0.15, -0.1) is 0 Å². The largest absolute Gasteiger partial charge is 0.768 e. The topological polar surface area (TPSA) is 94.5 Å². The van der Waals surface area contributed by atoms with Gasteiger partial charge in [0.1, 0.15) is 4.90 Å². The minimum Gasteiger partial charge on any atom is -0.768 e. The molecule has 0 aromatic heterocycles. The lowest BCUT2D eigenvalue weighted by Gasteiger charge is -2.08. The SMILES string of the molecule is O=S([O-])c1ccccc1S(=O)(=O)O. The van der Waals surface area contributed by atoms with Crippen molar-refractivity contribution in [3.05, 3.63) is 24.3 Å². The number of benzene rings is 1. The molecule has 0 heterocycles. The van der Waals surface area contributed by atoms with Gasteiger partial charge in [-0.05, 0) is 23.2 Å². The van der Waals surface area contributed by atoms with Crippen molar-refractivity contribution in [2.24, 2.45) is 0 Å². The Morgan fingerprint density at radius 1 is 1.31 bits per heavy atom. The molecule has 0 fully saturated rings. The van der Waals surface area contributed by atoms with Crippen molar-refractivity contribution < 1.29 is 21.7 Å². The molecule has 0 aliphatic rings. The van der Waals surface area contributed by atoms with Gasteiger partial charge in [-0.1, -0.05) is 12.1 Å². The third-order valence-electron chi connectivity index (χ3n) is 1.31. The molecule has 0 radical (unpaired) electrons.